The fourth-order valence-corrected chi connectivity index (χ4v) is 3.78. The number of rotatable bonds is 9. The molecular weight excluding hydrogens is 264 g/mol. The fourth-order valence-electron chi connectivity index (χ4n) is 2.77. The van der Waals surface area contributed by atoms with Crippen LogP contribution in [0.2, 0.25) is 0 Å². The third kappa shape index (κ3) is 4.06. The Morgan fingerprint density at radius 3 is 2.75 bits per heavy atom. The van der Waals surface area contributed by atoms with E-state index in [4.69, 9.17) is 0 Å². The lowest BCUT2D eigenvalue weighted by atomic mass is 10.2. The van der Waals surface area contributed by atoms with E-state index in [0.29, 0.717) is 0 Å². The Morgan fingerprint density at radius 1 is 1.30 bits per heavy atom. The zero-order chi connectivity index (χ0) is 13.9. The number of unbranched alkanes of at least 4 members (excludes halogenated alkanes) is 1. The topological polar surface area (TPSA) is 15.3 Å². The van der Waals surface area contributed by atoms with Crippen LogP contribution in [-0.2, 0) is 13.1 Å². The average Bonchev–Trinajstić information content (AvgIpc) is 3.33. The second kappa shape index (κ2) is 6.59. The van der Waals surface area contributed by atoms with Crippen molar-refractivity contribution in [3.63, 3.8) is 0 Å². The van der Waals surface area contributed by atoms with Crippen LogP contribution in [0.15, 0.2) is 6.07 Å². The summed E-state index contributed by atoms with van der Waals surface area (Å²) in [5.41, 5.74) is 1.57. The van der Waals surface area contributed by atoms with Crippen LogP contribution in [0.4, 0.5) is 0 Å². The Balaban J connectivity index is 1.56. The van der Waals surface area contributed by atoms with Gasteiger partial charge in [-0.15, -0.1) is 11.3 Å². The average molecular weight is 292 g/mol. The smallest absolute Gasteiger partial charge is 0.0302 e. The van der Waals surface area contributed by atoms with Crippen molar-refractivity contribution in [1.82, 2.24) is 10.2 Å². The molecule has 3 rings (SSSR count). The first-order valence-corrected chi connectivity index (χ1v) is 9.13. The standard InChI is InChI=1S/C17H28N2S/c1-3-4-9-19(16-7-8-16)12-14-10-17(20-13(14)2)11-18-15-5-6-15/h10,15-16,18H,3-9,11-12H2,1-2H3. The van der Waals surface area contributed by atoms with Crippen LogP contribution >= 0.6 is 11.3 Å². The van der Waals surface area contributed by atoms with E-state index in [9.17, 15) is 0 Å². The summed E-state index contributed by atoms with van der Waals surface area (Å²) in [6.07, 6.45) is 8.25. The number of thiophene rings is 1. The SMILES string of the molecule is CCCCN(Cc1cc(CNC2CC2)sc1C)C1CC1. The molecule has 0 saturated heterocycles. The second-order valence-corrected chi connectivity index (χ2v) is 7.85. The number of aryl methyl sites for hydroxylation is 1. The highest BCUT2D eigenvalue weighted by Gasteiger charge is 2.29. The van der Waals surface area contributed by atoms with E-state index in [1.807, 2.05) is 11.3 Å². The van der Waals surface area contributed by atoms with Gasteiger partial charge in [0, 0.05) is 34.9 Å². The van der Waals surface area contributed by atoms with Gasteiger partial charge < -0.3 is 5.32 Å². The minimum Gasteiger partial charge on any atom is -0.309 e. The first-order chi connectivity index (χ1) is 9.76. The molecule has 3 heteroatoms. The van der Waals surface area contributed by atoms with Crippen LogP contribution in [-0.4, -0.2) is 23.5 Å². The molecule has 0 bridgehead atoms. The number of hydrogen-bond acceptors (Lipinski definition) is 3. The van der Waals surface area contributed by atoms with Crippen LogP contribution in [0.3, 0.4) is 0 Å². The van der Waals surface area contributed by atoms with Crippen molar-refractivity contribution < 1.29 is 0 Å². The van der Waals surface area contributed by atoms with Crippen molar-refractivity contribution in [2.45, 2.75) is 77.5 Å². The summed E-state index contributed by atoms with van der Waals surface area (Å²) >= 11 is 1.99. The molecule has 1 N–H and O–H groups in total. The first-order valence-electron chi connectivity index (χ1n) is 8.32. The van der Waals surface area contributed by atoms with Gasteiger partial charge in [-0.25, -0.2) is 0 Å². The molecule has 2 aliphatic carbocycles. The Kier molecular flexibility index (Phi) is 4.79. The summed E-state index contributed by atoms with van der Waals surface area (Å²) < 4.78 is 0. The molecule has 2 saturated carbocycles. The molecular formula is C17H28N2S. The monoisotopic (exact) mass is 292 g/mol. The Bertz CT molecular complexity index is 432. The molecule has 0 radical (unpaired) electrons. The van der Waals surface area contributed by atoms with E-state index < -0.39 is 0 Å². The number of nitrogens with one attached hydrogen (secondary N) is 1. The van der Waals surface area contributed by atoms with Crippen LogP contribution in [0, 0.1) is 6.92 Å². The predicted molar refractivity (Wildman–Crippen MR) is 87.3 cm³/mol. The zero-order valence-electron chi connectivity index (χ0n) is 13.0. The van der Waals surface area contributed by atoms with E-state index in [1.165, 1.54) is 61.4 Å². The summed E-state index contributed by atoms with van der Waals surface area (Å²) in [6.45, 7) is 8.13. The maximum atomic E-state index is 3.63. The summed E-state index contributed by atoms with van der Waals surface area (Å²) in [5.74, 6) is 0. The molecule has 2 fully saturated rings. The van der Waals surface area contributed by atoms with Gasteiger partial charge in [0.1, 0.15) is 0 Å². The molecule has 20 heavy (non-hydrogen) atoms. The maximum absolute atomic E-state index is 3.63. The van der Waals surface area contributed by atoms with E-state index in [0.717, 1.165) is 18.6 Å². The van der Waals surface area contributed by atoms with Gasteiger partial charge in [-0.2, -0.15) is 0 Å². The van der Waals surface area contributed by atoms with E-state index in [-0.39, 0.29) is 0 Å². The Morgan fingerprint density at radius 2 is 2.10 bits per heavy atom. The molecule has 2 nitrogen and oxygen atoms in total. The van der Waals surface area contributed by atoms with Crippen LogP contribution in [0.5, 0.6) is 0 Å². The van der Waals surface area contributed by atoms with E-state index >= 15 is 0 Å². The van der Waals surface area contributed by atoms with Gasteiger partial charge in [-0.3, -0.25) is 4.90 Å². The van der Waals surface area contributed by atoms with Crippen LogP contribution < -0.4 is 5.32 Å². The molecule has 0 aromatic carbocycles. The lowest BCUT2D eigenvalue weighted by molar-refractivity contribution is 0.250. The number of nitrogens with zero attached hydrogens (tertiary/aromatic N) is 1. The van der Waals surface area contributed by atoms with Crippen molar-refractivity contribution in [1.29, 1.82) is 0 Å². The molecule has 1 aromatic heterocycles. The molecule has 1 heterocycles. The van der Waals surface area contributed by atoms with Gasteiger partial charge in [0.2, 0.25) is 0 Å². The summed E-state index contributed by atoms with van der Waals surface area (Å²) in [7, 11) is 0. The lowest BCUT2D eigenvalue weighted by Crippen LogP contribution is -2.26. The molecule has 2 aliphatic rings. The van der Waals surface area contributed by atoms with Gasteiger partial charge in [-0.1, -0.05) is 13.3 Å². The number of hydrogen-bond donors (Lipinski definition) is 1. The van der Waals surface area contributed by atoms with E-state index in [1.54, 1.807) is 5.56 Å². The largest absolute Gasteiger partial charge is 0.309 e. The van der Waals surface area contributed by atoms with Crippen molar-refractivity contribution in [3.8, 4) is 0 Å². The molecule has 0 aliphatic heterocycles. The third-order valence-electron chi connectivity index (χ3n) is 4.45. The van der Waals surface area contributed by atoms with Gasteiger partial charge in [0.05, 0.1) is 0 Å². The van der Waals surface area contributed by atoms with Gasteiger partial charge >= 0.3 is 0 Å². The van der Waals surface area contributed by atoms with Gasteiger partial charge in [0.15, 0.2) is 0 Å². The van der Waals surface area contributed by atoms with Crippen LogP contribution in [0.1, 0.15) is 60.8 Å². The zero-order valence-corrected chi connectivity index (χ0v) is 13.8. The highest BCUT2D eigenvalue weighted by atomic mass is 32.1. The quantitative estimate of drug-likeness (QED) is 0.738. The minimum absolute atomic E-state index is 0.813. The molecule has 112 valence electrons. The summed E-state index contributed by atoms with van der Waals surface area (Å²) in [5, 5.41) is 3.63. The maximum Gasteiger partial charge on any atom is 0.0302 e. The first kappa shape index (κ1) is 14.6. The highest BCUT2D eigenvalue weighted by Crippen LogP contribution is 2.31. The van der Waals surface area contributed by atoms with E-state index in [2.05, 4.69) is 30.1 Å². The van der Waals surface area contributed by atoms with Gasteiger partial charge in [0.25, 0.3) is 0 Å². The molecule has 0 spiro atoms. The van der Waals surface area contributed by atoms with Crippen molar-refractivity contribution in [3.05, 3.63) is 21.4 Å². The second-order valence-electron chi connectivity index (χ2n) is 6.50. The molecule has 0 unspecified atom stereocenters. The lowest BCUT2D eigenvalue weighted by Gasteiger charge is -2.21. The van der Waals surface area contributed by atoms with Crippen molar-refractivity contribution in [2.24, 2.45) is 0 Å². The Hall–Kier alpha value is -0.380. The van der Waals surface area contributed by atoms with Gasteiger partial charge in [-0.05, 0) is 57.2 Å². The highest BCUT2D eigenvalue weighted by molar-refractivity contribution is 7.12. The molecule has 0 atom stereocenters. The predicted octanol–water partition coefficient (Wildman–Crippen LogP) is 4.07. The Labute approximate surface area is 127 Å². The normalized spacial score (nSPS) is 18.9. The minimum atomic E-state index is 0.813. The molecule has 0 amide bonds. The molecule has 1 aromatic rings. The fraction of sp³-hybridized carbons (Fsp3) is 0.765. The summed E-state index contributed by atoms with van der Waals surface area (Å²) in [6, 6.07) is 4.15. The van der Waals surface area contributed by atoms with Crippen LogP contribution in [0.25, 0.3) is 0 Å². The third-order valence-corrected chi connectivity index (χ3v) is 5.54. The van der Waals surface area contributed by atoms with Crippen molar-refractivity contribution in [2.75, 3.05) is 6.54 Å². The van der Waals surface area contributed by atoms with Crippen molar-refractivity contribution >= 4 is 11.3 Å². The summed E-state index contributed by atoms with van der Waals surface area (Å²) in [4.78, 5) is 5.77.